The molecule has 4 atom stereocenters. The Balaban J connectivity index is 1.43. The fraction of sp³-hybridized carbons (Fsp3) is 0.533. The van der Waals surface area contributed by atoms with E-state index in [1.54, 1.807) is 81.4 Å². The van der Waals surface area contributed by atoms with Gasteiger partial charge in [-0.25, -0.2) is 18.6 Å². The van der Waals surface area contributed by atoms with Gasteiger partial charge in [0, 0.05) is 27.8 Å². The molecule has 472 valence electrons. The standard InChI is InChI=1S/C60H83N6O19P/c1-13-19-21-23-45(47(15-3)65(37-67)82-57(73)80-59(7,8)9)53(69)61-35-63-55(71)51-27-25-49(78-51)39-29-41(76-17-5)33-43(31-39)84-86(75)85-44-32-40(30-42(34-44)77-18-6)50-26-28-52(79-50)56(72)64-36-62-54(70)46(24-22-20-14-2)48(16-4)66(38-68)83-58(74)81-60(10,11)12/h25-34,37-38,45-48H,13-24,35-36H2,1-12H3,(H3-,61,62,63,64,69,70,71,72)/p+1/t45-,46-,47-,48-/m1/s1. The minimum atomic E-state index is -2.95. The van der Waals surface area contributed by atoms with E-state index in [1.807, 2.05) is 13.8 Å². The first kappa shape index (κ1) is 70.1. The van der Waals surface area contributed by atoms with Crippen LogP contribution in [0.1, 0.15) is 168 Å². The summed E-state index contributed by atoms with van der Waals surface area (Å²) in [5, 5.41) is 12.2. The highest BCUT2D eigenvalue weighted by atomic mass is 31.1. The molecule has 0 bridgehead atoms. The van der Waals surface area contributed by atoms with Crippen molar-refractivity contribution in [2.75, 3.05) is 26.6 Å². The largest absolute Gasteiger partial charge is 0.805 e. The Hall–Kier alpha value is -8.34. The molecule has 0 aliphatic carbocycles. The summed E-state index contributed by atoms with van der Waals surface area (Å²) in [6.07, 6.45) is 4.37. The molecule has 6 amide bonds. The molecule has 0 fully saturated rings. The van der Waals surface area contributed by atoms with E-state index in [9.17, 15) is 42.9 Å². The number of ether oxygens (including phenoxy) is 4. The van der Waals surface area contributed by atoms with Crippen molar-refractivity contribution in [2.24, 2.45) is 11.8 Å². The molecule has 2 heterocycles. The highest BCUT2D eigenvalue weighted by Crippen LogP contribution is 2.39. The summed E-state index contributed by atoms with van der Waals surface area (Å²) in [4.78, 5) is 114. The number of amides is 6. The molecule has 0 saturated heterocycles. The summed E-state index contributed by atoms with van der Waals surface area (Å²) < 4.78 is 59.0. The molecule has 2 aromatic heterocycles. The normalized spacial score (nSPS) is 12.6. The van der Waals surface area contributed by atoms with E-state index in [2.05, 4.69) is 21.3 Å². The van der Waals surface area contributed by atoms with Gasteiger partial charge in [-0.3, -0.25) is 28.8 Å². The first-order chi connectivity index (χ1) is 40.9. The lowest BCUT2D eigenvalue weighted by Crippen LogP contribution is -2.49. The van der Waals surface area contributed by atoms with Crippen molar-refractivity contribution in [3.05, 3.63) is 72.2 Å². The first-order valence-corrected chi connectivity index (χ1v) is 30.0. The van der Waals surface area contributed by atoms with E-state index >= 15 is 0 Å². The molecule has 2 aromatic carbocycles. The summed E-state index contributed by atoms with van der Waals surface area (Å²) in [5.74, 6) is -3.03. The Morgan fingerprint density at radius 2 is 0.907 bits per heavy atom. The number of benzene rings is 2. The topological polar surface area (TPSA) is 308 Å². The second-order valence-corrected chi connectivity index (χ2v) is 22.4. The van der Waals surface area contributed by atoms with Crippen molar-refractivity contribution >= 4 is 57.0 Å². The van der Waals surface area contributed by atoms with E-state index in [0.717, 1.165) is 35.8 Å². The predicted octanol–water partition coefficient (Wildman–Crippen LogP) is 11.3. The summed E-state index contributed by atoms with van der Waals surface area (Å²) >= 11 is 0. The number of unbranched alkanes of at least 4 members (excludes halogenated alkanes) is 4. The van der Waals surface area contributed by atoms with Crippen molar-refractivity contribution in [1.29, 1.82) is 0 Å². The highest BCUT2D eigenvalue weighted by molar-refractivity contribution is 7.34. The van der Waals surface area contributed by atoms with E-state index in [4.69, 9.17) is 46.5 Å². The summed E-state index contributed by atoms with van der Waals surface area (Å²) in [6.45, 7) is 20.8. The average molecular weight is 1220 g/mol. The molecule has 0 spiro atoms. The molecule has 0 radical (unpaired) electrons. The Morgan fingerprint density at radius 1 is 0.535 bits per heavy atom. The number of rotatable bonds is 36. The third-order valence-corrected chi connectivity index (χ3v) is 13.4. The fourth-order valence-corrected chi connectivity index (χ4v) is 9.46. The average Bonchev–Trinajstić information content (AvgIpc) is 3.53. The van der Waals surface area contributed by atoms with Gasteiger partial charge >= 0.3 is 20.6 Å². The van der Waals surface area contributed by atoms with Crippen LogP contribution in [0.2, 0.25) is 0 Å². The Bertz CT molecular complexity index is 2710. The predicted molar refractivity (Wildman–Crippen MR) is 314 cm³/mol. The zero-order valence-electron chi connectivity index (χ0n) is 51.2. The van der Waals surface area contributed by atoms with Gasteiger partial charge in [-0.2, -0.15) is 10.1 Å². The number of carbonyl (C=O) groups excluding carboxylic acids is 8. The Kier molecular flexibility index (Phi) is 28.2. The van der Waals surface area contributed by atoms with Crippen molar-refractivity contribution < 1.29 is 89.4 Å². The van der Waals surface area contributed by atoms with E-state index < -0.39 is 79.3 Å². The molecule has 0 aliphatic rings. The van der Waals surface area contributed by atoms with Crippen molar-refractivity contribution in [1.82, 2.24) is 31.4 Å². The van der Waals surface area contributed by atoms with Crippen LogP contribution in [0.15, 0.2) is 69.5 Å². The lowest BCUT2D eigenvalue weighted by atomic mass is 9.90. The summed E-state index contributed by atoms with van der Waals surface area (Å²) in [7, 11) is -2.95. The highest BCUT2D eigenvalue weighted by Gasteiger charge is 2.37. The monoisotopic (exact) mass is 1220 g/mol. The molecule has 0 saturated carbocycles. The quantitative estimate of drug-likeness (QED) is 0.00821. The van der Waals surface area contributed by atoms with Crippen LogP contribution in [0.3, 0.4) is 0 Å². The maximum Gasteiger partial charge on any atom is 0.805 e. The van der Waals surface area contributed by atoms with Crippen LogP contribution >= 0.6 is 8.25 Å². The van der Waals surface area contributed by atoms with Gasteiger partial charge in [0.2, 0.25) is 24.6 Å². The van der Waals surface area contributed by atoms with Gasteiger partial charge in [0.05, 0.1) is 50.5 Å². The van der Waals surface area contributed by atoms with E-state index in [-0.39, 0.29) is 73.9 Å². The number of hydrogen-bond donors (Lipinski definition) is 4. The maximum absolute atomic E-state index is 13.7. The minimum Gasteiger partial charge on any atom is -0.494 e. The van der Waals surface area contributed by atoms with Gasteiger partial charge in [-0.15, -0.1) is 0 Å². The molecule has 25 nitrogen and oxygen atoms in total. The van der Waals surface area contributed by atoms with Gasteiger partial charge in [0.15, 0.2) is 23.0 Å². The van der Waals surface area contributed by atoms with E-state index in [0.29, 0.717) is 61.1 Å². The fourth-order valence-electron chi connectivity index (χ4n) is 8.87. The number of carbonyl (C=O) groups is 8. The number of nitrogens with one attached hydrogen (secondary N) is 4. The van der Waals surface area contributed by atoms with Crippen molar-refractivity contribution in [3.63, 3.8) is 0 Å². The van der Waals surface area contributed by atoms with Crippen LogP contribution in [0.5, 0.6) is 23.0 Å². The van der Waals surface area contributed by atoms with Crippen LogP contribution in [0.4, 0.5) is 9.59 Å². The molecular weight excluding hydrogens is 1140 g/mol. The molecule has 4 rings (SSSR count). The van der Waals surface area contributed by atoms with Crippen LogP contribution in [0, 0.1) is 11.8 Å². The molecule has 4 aromatic rings. The lowest BCUT2D eigenvalue weighted by molar-refractivity contribution is -0.183. The second-order valence-electron chi connectivity index (χ2n) is 21.6. The van der Waals surface area contributed by atoms with Gasteiger partial charge in [-0.05, 0) is 130 Å². The summed E-state index contributed by atoms with van der Waals surface area (Å²) in [5.41, 5.74) is -1.02. The molecule has 0 unspecified atom stereocenters. The zero-order valence-corrected chi connectivity index (χ0v) is 52.1. The Morgan fingerprint density at radius 3 is 1.23 bits per heavy atom. The van der Waals surface area contributed by atoms with Crippen molar-refractivity contribution in [3.8, 4) is 45.6 Å². The number of nitrogens with zero attached hydrogens (tertiary/aromatic N) is 2. The van der Waals surface area contributed by atoms with Crippen LogP contribution in [-0.4, -0.2) is 109 Å². The van der Waals surface area contributed by atoms with Gasteiger partial charge in [0.25, 0.3) is 11.8 Å². The third-order valence-electron chi connectivity index (χ3n) is 12.7. The number of hydrogen-bond acceptors (Lipinski definition) is 19. The van der Waals surface area contributed by atoms with Gasteiger partial charge < -0.3 is 58.7 Å². The number of hydroxylamine groups is 4. The lowest BCUT2D eigenvalue weighted by Gasteiger charge is -2.32. The van der Waals surface area contributed by atoms with Crippen LogP contribution < -0.4 is 39.8 Å². The molecule has 0 aliphatic heterocycles. The van der Waals surface area contributed by atoms with Crippen molar-refractivity contribution in [2.45, 2.75) is 171 Å². The minimum absolute atomic E-state index is 0.0482. The van der Waals surface area contributed by atoms with E-state index in [1.165, 1.54) is 48.5 Å². The van der Waals surface area contributed by atoms with Gasteiger partial charge in [-0.1, -0.05) is 66.2 Å². The van der Waals surface area contributed by atoms with Crippen LogP contribution in [-0.2, 0) is 42.9 Å². The summed E-state index contributed by atoms with van der Waals surface area (Å²) in [6, 6.07) is 13.5. The SMILES string of the molecule is CCCCC[C@@H](C(=O)NCNC(=O)c1ccc(-c2cc(OCC)cc(O[P+](=O)Oc3cc(OCC)cc(-c4ccc(C(=O)NCNC(=O)[C@H](CCCCC)[C@@H](CC)N(C=O)OC(=O)OC(C)(C)C)o4)c3)c2)o1)[C@@H](CC)N(C=O)OC(=O)OC(C)(C)C. The molecule has 26 heteroatoms. The maximum atomic E-state index is 13.7. The zero-order chi connectivity index (χ0) is 63.6. The molecular formula is C60H84N6O19P+. The molecule has 86 heavy (non-hydrogen) atoms. The smallest absolute Gasteiger partial charge is 0.494 e. The molecule has 4 N–H and O–H groups in total. The number of furan rings is 2. The Labute approximate surface area is 502 Å². The van der Waals surface area contributed by atoms with Gasteiger partial charge in [0.1, 0.15) is 34.2 Å². The van der Waals surface area contributed by atoms with Crippen LogP contribution in [0.25, 0.3) is 22.6 Å². The first-order valence-electron chi connectivity index (χ1n) is 28.9. The second kappa shape index (κ2) is 34.6. The third kappa shape index (κ3) is 22.9.